The minimum Gasteiger partial charge on any atom is -0.222 e. The Kier molecular flexibility index (Phi) is 4.13. The summed E-state index contributed by atoms with van der Waals surface area (Å²) < 4.78 is 41.2. The van der Waals surface area contributed by atoms with Gasteiger partial charge in [0, 0.05) is 5.92 Å². The van der Waals surface area contributed by atoms with Crippen molar-refractivity contribution in [2.24, 2.45) is 0 Å². The molecule has 0 aliphatic heterocycles. The Hall–Kier alpha value is -2.85. The lowest BCUT2D eigenvalue weighted by Gasteiger charge is -2.10. The van der Waals surface area contributed by atoms with Gasteiger partial charge in [-0.3, -0.25) is 0 Å². The first-order valence-electron chi connectivity index (χ1n) is 8.23. The first-order chi connectivity index (χ1) is 12.5. The van der Waals surface area contributed by atoms with Crippen LogP contribution in [0.4, 0.5) is 13.2 Å². The number of nitrogens with zero attached hydrogens (tertiary/aromatic N) is 8. The molecule has 2 heterocycles. The number of hydrogen-bond acceptors (Lipinski definition) is 6. The van der Waals surface area contributed by atoms with Gasteiger partial charge in [0.15, 0.2) is 11.6 Å². The van der Waals surface area contributed by atoms with Gasteiger partial charge >= 0.3 is 6.18 Å². The summed E-state index contributed by atoms with van der Waals surface area (Å²) in [5, 5.41) is 23.4. The lowest BCUT2D eigenvalue weighted by atomic mass is 10.1. The summed E-state index contributed by atoms with van der Waals surface area (Å²) >= 11 is 0. The minimum absolute atomic E-state index is 0.243. The molecule has 26 heavy (non-hydrogen) atoms. The van der Waals surface area contributed by atoms with Crippen LogP contribution in [0.1, 0.15) is 48.8 Å². The van der Waals surface area contributed by atoms with E-state index in [1.165, 1.54) is 16.8 Å². The van der Waals surface area contributed by atoms with Gasteiger partial charge in [-0.25, -0.2) is 4.68 Å². The average molecular weight is 364 g/mol. The molecule has 1 aromatic carbocycles. The molecule has 136 valence electrons. The zero-order chi connectivity index (χ0) is 18.1. The molecule has 0 spiro atoms. The Bertz CT molecular complexity index is 877. The molecule has 0 radical (unpaired) electrons. The van der Waals surface area contributed by atoms with E-state index in [2.05, 4.69) is 31.1 Å². The van der Waals surface area contributed by atoms with Crippen LogP contribution in [-0.2, 0) is 12.7 Å². The molecule has 1 fully saturated rings. The molecule has 1 aliphatic carbocycles. The van der Waals surface area contributed by atoms with Crippen LogP contribution in [-0.4, -0.2) is 40.4 Å². The van der Waals surface area contributed by atoms with E-state index in [0.717, 1.165) is 43.6 Å². The van der Waals surface area contributed by atoms with E-state index >= 15 is 0 Å². The average Bonchev–Trinajstić information content (AvgIpc) is 3.36. The monoisotopic (exact) mass is 364 g/mol. The predicted molar refractivity (Wildman–Crippen MR) is 82.3 cm³/mol. The van der Waals surface area contributed by atoms with Crippen LogP contribution in [0.2, 0.25) is 0 Å². The molecule has 8 nitrogen and oxygen atoms in total. The molecular weight excluding hydrogens is 349 g/mol. The molecule has 0 unspecified atom stereocenters. The number of halogens is 3. The zero-order valence-electron chi connectivity index (χ0n) is 13.6. The lowest BCUT2D eigenvalue weighted by Crippen LogP contribution is -2.14. The first-order valence-corrected chi connectivity index (χ1v) is 8.23. The van der Waals surface area contributed by atoms with Gasteiger partial charge in [-0.1, -0.05) is 12.8 Å². The lowest BCUT2D eigenvalue weighted by molar-refractivity contribution is -0.137. The maximum Gasteiger partial charge on any atom is 0.416 e. The van der Waals surface area contributed by atoms with Crippen LogP contribution in [0.25, 0.3) is 5.69 Å². The van der Waals surface area contributed by atoms with Crippen molar-refractivity contribution in [2.45, 2.75) is 44.3 Å². The van der Waals surface area contributed by atoms with Crippen LogP contribution < -0.4 is 0 Å². The molecule has 0 bridgehead atoms. The highest BCUT2D eigenvalue weighted by molar-refractivity contribution is 5.35. The van der Waals surface area contributed by atoms with E-state index < -0.39 is 11.7 Å². The molecule has 0 amide bonds. The Morgan fingerprint density at radius 2 is 1.65 bits per heavy atom. The normalized spacial score (nSPS) is 15.7. The second-order valence-corrected chi connectivity index (χ2v) is 6.23. The van der Waals surface area contributed by atoms with Crippen LogP contribution in [0.3, 0.4) is 0 Å². The summed E-state index contributed by atoms with van der Waals surface area (Å²) in [7, 11) is 0. The van der Waals surface area contributed by atoms with E-state index in [-0.39, 0.29) is 6.54 Å². The molecule has 4 rings (SSSR count). The van der Waals surface area contributed by atoms with Gasteiger partial charge in [0.2, 0.25) is 0 Å². The third-order valence-corrected chi connectivity index (χ3v) is 4.54. The summed E-state index contributed by atoms with van der Waals surface area (Å²) in [4.78, 5) is 0. The van der Waals surface area contributed by atoms with Gasteiger partial charge in [0.05, 0.1) is 11.3 Å². The van der Waals surface area contributed by atoms with Crippen molar-refractivity contribution < 1.29 is 13.2 Å². The van der Waals surface area contributed by atoms with Crippen LogP contribution in [0.5, 0.6) is 0 Å². The molecule has 11 heteroatoms. The Morgan fingerprint density at radius 3 is 2.35 bits per heavy atom. The van der Waals surface area contributed by atoms with Crippen molar-refractivity contribution in [1.82, 2.24) is 40.4 Å². The predicted octanol–water partition coefficient (Wildman–Crippen LogP) is 2.37. The summed E-state index contributed by atoms with van der Waals surface area (Å²) in [6.45, 7) is 0.243. The SMILES string of the molecule is FC(F)(F)c1ccc(-n2nnnc2Cn2nnnc2C2CCCC2)cc1. The smallest absolute Gasteiger partial charge is 0.222 e. The summed E-state index contributed by atoms with van der Waals surface area (Å²) in [5.74, 6) is 1.56. The van der Waals surface area contributed by atoms with Gasteiger partial charge in [0.25, 0.3) is 0 Å². The van der Waals surface area contributed by atoms with Gasteiger partial charge in [-0.2, -0.15) is 17.9 Å². The molecule has 3 aromatic rings. The summed E-state index contributed by atoms with van der Waals surface area (Å²) in [6, 6.07) is 4.67. The summed E-state index contributed by atoms with van der Waals surface area (Å²) in [5.41, 5.74) is -0.284. The molecule has 2 aromatic heterocycles. The van der Waals surface area contributed by atoms with Crippen LogP contribution in [0, 0.1) is 0 Å². The highest BCUT2D eigenvalue weighted by Crippen LogP contribution is 2.32. The fourth-order valence-corrected chi connectivity index (χ4v) is 3.23. The van der Waals surface area contributed by atoms with Crippen molar-refractivity contribution in [3.63, 3.8) is 0 Å². The number of benzene rings is 1. The van der Waals surface area contributed by atoms with Gasteiger partial charge in [-0.15, -0.1) is 10.2 Å². The zero-order valence-corrected chi connectivity index (χ0v) is 13.6. The van der Waals surface area contributed by atoms with E-state index in [9.17, 15) is 13.2 Å². The van der Waals surface area contributed by atoms with Crippen molar-refractivity contribution in [1.29, 1.82) is 0 Å². The molecule has 0 saturated heterocycles. The number of alkyl halides is 3. The van der Waals surface area contributed by atoms with Gasteiger partial charge in [-0.05, 0) is 58.0 Å². The quantitative estimate of drug-likeness (QED) is 0.706. The molecule has 1 saturated carbocycles. The first kappa shape index (κ1) is 16.6. The molecule has 0 atom stereocenters. The third-order valence-electron chi connectivity index (χ3n) is 4.54. The van der Waals surface area contributed by atoms with Crippen LogP contribution in [0.15, 0.2) is 24.3 Å². The maximum absolute atomic E-state index is 12.7. The fourth-order valence-electron chi connectivity index (χ4n) is 3.23. The van der Waals surface area contributed by atoms with E-state index in [1.54, 1.807) is 4.68 Å². The number of aromatic nitrogens is 8. The Morgan fingerprint density at radius 1 is 0.962 bits per heavy atom. The Labute approximate surface area is 146 Å². The number of rotatable bonds is 4. The molecular formula is C15H15F3N8. The Balaban J connectivity index is 1.59. The third kappa shape index (κ3) is 3.16. The highest BCUT2D eigenvalue weighted by atomic mass is 19.4. The molecule has 1 aliphatic rings. The number of tetrazole rings is 2. The second kappa shape index (κ2) is 6.46. The van der Waals surface area contributed by atoms with E-state index in [4.69, 9.17) is 0 Å². The van der Waals surface area contributed by atoms with E-state index in [0.29, 0.717) is 17.4 Å². The number of hydrogen-bond donors (Lipinski definition) is 0. The topological polar surface area (TPSA) is 87.2 Å². The maximum atomic E-state index is 12.7. The minimum atomic E-state index is -4.38. The fraction of sp³-hybridized carbons (Fsp3) is 0.467. The summed E-state index contributed by atoms with van der Waals surface area (Å²) in [6.07, 6.45) is 0.0145. The van der Waals surface area contributed by atoms with Gasteiger partial charge < -0.3 is 0 Å². The van der Waals surface area contributed by atoms with Gasteiger partial charge in [0.1, 0.15) is 6.54 Å². The van der Waals surface area contributed by atoms with E-state index in [1.807, 2.05) is 0 Å². The van der Waals surface area contributed by atoms with Crippen molar-refractivity contribution in [3.05, 3.63) is 41.5 Å². The van der Waals surface area contributed by atoms with Crippen LogP contribution >= 0.6 is 0 Å². The largest absolute Gasteiger partial charge is 0.416 e. The van der Waals surface area contributed by atoms with Crippen molar-refractivity contribution in [2.75, 3.05) is 0 Å². The second-order valence-electron chi connectivity index (χ2n) is 6.23. The standard InChI is InChI=1S/C15H15F3N8/c16-15(17,18)11-5-7-12(8-6-11)26-13(19-21-24-26)9-25-14(20-22-23-25)10-3-1-2-4-10/h5-8,10H,1-4,9H2. The molecule has 0 N–H and O–H groups in total. The van der Waals surface area contributed by atoms with Crippen molar-refractivity contribution >= 4 is 0 Å². The van der Waals surface area contributed by atoms with Crippen molar-refractivity contribution in [3.8, 4) is 5.69 Å². The highest BCUT2D eigenvalue weighted by Gasteiger charge is 2.30.